The zero-order valence-electron chi connectivity index (χ0n) is 21.2. The summed E-state index contributed by atoms with van der Waals surface area (Å²) in [5.41, 5.74) is 0.163. The van der Waals surface area contributed by atoms with Gasteiger partial charge in [0.2, 0.25) is 6.23 Å². The molecule has 0 fully saturated rings. The Morgan fingerprint density at radius 3 is 1.74 bits per heavy atom. The quantitative estimate of drug-likeness (QED) is 0.175. The standard InChI is InChI=1S/C19H43NO7Si4/c1-15(2)16(21)24-19(26-30(6,7)8,27-31(9,10)11)17(25-29(3,4)5)20(18(22)23)13-12-14-28/h17H,1,12-14H2,2-11,28H3,(H,22,23). The maximum atomic E-state index is 12.8. The first-order chi connectivity index (χ1) is 13.7. The number of carbonyl (C=O) groups is 2. The van der Waals surface area contributed by atoms with Crippen LogP contribution in [0.25, 0.3) is 0 Å². The average Bonchev–Trinajstić information content (AvgIpc) is 2.49. The third kappa shape index (κ3) is 11.6. The maximum absolute atomic E-state index is 12.8. The van der Waals surface area contributed by atoms with Gasteiger partial charge >= 0.3 is 18.0 Å². The number of carbonyl (C=O) groups excluding carboxylic acids is 1. The van der Waals surface area contributed by atoms with Crippen LogP contribution in [0, 0.1) is 0 Å². The number of rotatable bonds is 13. The number of hydrogen-bond donors (Lipinski definition) is 1. The van der Waals surface area contributed by atoms with Gasteiger partial charge in [0.25, 0.3) is 0 Å². The number of ether oxygens (including phenoxy) is 1. The highest BCUT2D eigenvalue weighted by Gasteiger charge is 2.56. The largest absolute Gasteiger partial charge is 0.465 e. The van der Waals surface area contributed by atoms with Crippen LogP contribution in [0.5, 0.6) is 0 Å². The summed E-state index contributed by atoms with van der Waals surface area (Å²) in [7, 11) is -6.25. The lowest BCUT2D eigenvalue weighted by atomic mass is 10.3. The van der Waals surface area contributed by atoms with Crippen LogP contribution >= 0.6 is 0 Å². The van der Waals surface area contributed by atoms with E-state index >= 15 is 0 Å². The fourth-order valence-electron chi connectivity index (χ4n) is 2.59. The first-order valence-electron chi connectivity index (χ1n) is 10.7. The Balaban J connectivity index is 6.96. The number of esters is 1. The molecule has 0 aliphatic heterocycles. The van der Waals surface area contributed by atoms with Crippen molar-refractivity contribution >= 4 is 47.3 Å². The van der Waals surface area contributed by atoms with Crippen LogP contribution in [0.15, 0.2) is 12.2 Å². The van der Waals surface area contributed by atoms with Gasteiger partial charge in [-0.05, 0) is 72.3 Å². The molecule has 0 aromatic heterocycles. The molecule has 0 radical (unpaired) electrons. The highest BCUT2D eigenvalue weighted by atomic mass is 28.4. The van der Waals surface area contributed by atoms with E-state index in [2.05, 4.69) is 6.58 Å². The van der Waals surface area contributed by atoms with Crippen molar-refractivity contribution in [1.82, 2.24) is 4.90 Å². The van der Waals surface area contributed by atoms with E-state index in [0.29, 0.717) is 6.42 Å². The Hall–Kier alpha value is -0.772. The molecular weight excluding hydrogens is 467 g/mol. The molecule has 0 aliphatic carbocycles. The van der Waals surface area contributed by atoms with Gasteiger partial charge < -0.3 is 23.1 Å². The third-order valence-electron chi connectivity index (χ3n) is 3.53. The van der Waals surface area contributed by atoms with Gasteiger partial charge in [-0.3, -0.25) is 4.90 Å². The first-order valence-corrected chi connectivity index (χ1v) is 22.3. The summed E-state index contributed by atoms with van der Waals surface area (Å²) in [4.78, 5) is 26.3. The second-order valence-corrected chi connectivity index (χ2v) is 24.9. The number of carboxylic acid groups (broad SMARTS) is 1. The van der Waals surface area contributed by atoms with E-state index in [4.69, 9.17) is 18.0 Å². The minimum absolute atomic E-state index is 0.163. The molecule has 0 spiro atoms. The van der Waals surface area contributed by atoms with Crippen LogP contribution < -0.4 is 0 Å². The van der Waals surface area contributed by atoms with E-state index < -0.39 is 49.2 Å². The molecule has 1 atom stereocenters. The van der Waals surface area contributed by atoms with Gasteiger partial charge in [0.1, 0.15) is 0 Å². The van der Waals surface area contributed by atoms with E-state index in [1.54, 1.807) is 0 Å². The normalized spacial score (nSPS) is 14.3. The second-order valence-electron chi connectivity index (χ2n) is 10.6. The molecule has 1 N–H and O–H groups in total. The van der Waals surface area contributed by atoms with Crippen LogP contribution in [-0.2, 0) is 22.8 Å². The summed E-state index contributed by atoms with van der Waals surface area (Å²) in [6.07, 6.45) is -1.76. The van der Waals surface area contributed by atoms with E-state index in [1.807, 2.05) is 58.9 Å². The predicted octanol–water partition coefficient (Wildman–Crippen LogP) is 3.79. The van der Waals surface area contributed by atoms with Gasteiger partial charge in [0.15, 0.2) is 25.0 Å². The molecule has 0 aromatic carbocycles. The SMILES string of the molecule is C=C(C)C(=O)OC(O[Si](C)(C)C)(O[Si](C)(C)C)C(O[Si](C)(C)C)N(CCC[SiH3])C(=O)O. The van der Waals surface area contributed by atoms with Crippen LogP contribution in [0.4, 0.5) is 4.79 Å². The van der Waals surface area contributed by atoms with Gasteiger partial charge in [-0.15, -0.1) is 0 Å². The molecule has 31 heavy (non-hydrogen) atoms. The van der Waals surface area contributed by atoms with E-state index in [1.165, 1.54) is 11.8 Å². The van der Waals surface area contributed by atoms with Crippen molar-refractivity contribution in [2.75, 3.05) is 6.54 Å². The molecule has 0 saturated heterocycles. The van der Waals surface area contributed by atoms with Gasteiger partial charge in [-0.25, -0.2) is 9.59 Å². The highest BCUT2D eigenvalue weighted by Crippen LogP contribution is 2.35. The van der Waals surface area contributed by atoms with Crippen LogP contribution in [-0.4, -0.2) is 76.0 Å². The van der Waals surface area contributed by atoms with E-state index in [-0.39, 0.29) is 12.1 Å². The fourth-order valence-corrected chi connectivity index (χ4v) is 6.00. The van der Waals surface area contributed by atoms with Crippen molar-refractivity contribution in [3.63, 3.8) is 0 Å². The molecule has 1 amide bonds. The molecule has 0 aromatic rings. The molecule has 182 valence electrons. The van der Waals surface area contributed by atoms with Crippen LogP contribution in [0.3, 0.4) is 0 Å². The highest BCUT2D eigenvalue weighted by molar-refractivity contribution is 6.71. The van der Waals surface area contributed by atoms with Gasteiger partial charge in [-0.1, -0.05) is 12.6 Å². The van der Waals surface area contributed by atoms with Crippen molar-refractivity contribution < 1.29 is 32.7 Å². The summed E-state index contributed by atoms with van der Waals surface area (Å²) in [6, 6.07) is 0.922. The average molecular weight is 510 g/mol. The molecule has 12 heteroatoms. The molecule has 8 nitrogen and oxygen atoms in total. The topological polar surface area (TPSA) is 94.5 Å². The Morgan fingerprint density at radius 2 is 1.45 bits per heavy atom. The maximum Gasteiger partial charge on any atom is 0.409 e. The molecule has 0 aliphatic rings. The predicted molar refractivity (Wildman–Crippen MR) is 135 cm³/mol. The van der Waals surface area contributed by atoms with Gasteiger partial charge in [0, 0.05) is 22.4 Å². The fraction of sp³-hybridized carbons (Fsp3) is 0.789. The number of amides is 1. The minimum Gasteiger partial charge on any atom is -0.465 e. The third-order valence-corrected chi connectivity index (χ3v) is 6.96. The molecule has 0 rings (SSSR count). The zero-order valence-corrected chi connectivity index (χ0v) is 26.2. The summed E-state index contributed by atoms with van der Waals surface area (Å²) in [5.74, 6) is -2.73. The zero-order chi connectivity index (χ0) is 24.8. The second kappa shape index (κ2) is 11.4. The monoisotopic (exact) mass is 509 g/mol. The van der Waals surface area contributed by atoms with E-state index in [0.717, 1.165) is 16.3 Å². The lowest BCUT2D eigenvalue weighted by Gasteiger charge is -2.49. The van der Waals surface area contributed by atoms with Crippen molar-refractivity contribution in [3.05, 3.63) is 12.2 Å². The van der Waals surface area contributed by atoms with Crippen LogP contribution in [0.1, 0.15) is 13.3 Å². The van der Waals surface area contributed by atoms with Gasteiger partial charge in [-0.2, -0.15) is 0 Å². The van der Waals surface area contributed by atoms with Crippen molar-refractivity contribution in [2.24, 2.45) is 0 Å². The van der Waals surface area contributed by atoms with Gasteiger partial charge in [0.05, 0.1) is 0 Å². The number of hydrogen-bond acceptors (Lipinski definition) is 6. The first kappa shape index (κ1) is 30.2. The lowest BCUT2D eigenvalue weighted by Crippen LogP contribution is -2.67. The molecule has 0 saturated carbocycles. The summed E-state index contributed by atoms with van der Waals surface area (Å²) < 4.78 is 25.1. The molecule has 0 bridgehead atoms. The Labute approximate surface area is 194 Å². The van der Waals surface area contributed by atoms with Crippen molar-refractivity contribution in [2.45, 2.75) is 90.5 Å². The van der Waals surface area contributed by atoms with Crippen LogP contribution in [0.2, 0.25) is 65.0 Å². The van der Waals surface area contributed by atoms with Crippen molar-refractivity contribution in [1.29, 1.82) is 0 Å². The Bertz CT molecular complexity index is 623. The summed E-state index contributed by atoms with van der Waals surface area (Å²) in [5, 5.41) is 10.1. The summed E-state index contributed by atoms with van der Waals surface area (Å²) in [6.45, 7) is 22.8. The number of nitrogens with zero attached hydrogens (tertiary/aromatic N) is 1. The smallest absolute Gasteiger partial charge is 0.409 e. The van der Waals surface area contributed by atoms with E-state index in [9.17, 15) is 14.7 Å². The molecular formula is C19H43NO7Si4. The molecule has 1 unspecified atom stereocenters. The lowest BCUT2D eigenvalue weighted by molar-refractivity contribution is -0.350. The molecule has 0 heterocycles. The Kier molecular flexibility index (Phi) is 11.1. The van der Waals surface area contributed by atoms with Crippen molar-refractivity contribution in [3.8, 4) is 0 Å². The Morgan fingerprint density at radius 1 is 1.00 bits per heavy atom. The minimum atomic E-state index is -2.43. The summed E-state index contributed by atoms with van der Waals surface area (Å²) >= 11 is 0.